The van der Waals surface area contributed by atoms with Crippen LogP contribution < -0.4 is 10.3 Å². The van der Waals surface area contributed by atoms with E-state index in [4.69, 9.17) is 0 Å². The second kappa shape index (κ2) is 7.90. The molecule has 0 bridgehead atoms. The van der Waals surface area contributed by atoms with E-state index < -0.39 is 10.0 Å². The van der Waals surface area contributed by atoms with Gasteiger partial charge in [0.1, 0.15) is 17.2 Å². The Morgan fingerprint density at radius 1 is 1.09 bits per heavy atom. The lowest BCUT2D eigenvalue weighted by Gasteiger charge is -2.12. The topological polar surface area (TPSA) is 86.0 Å². The number of aromatic nitrogens is 3. The van der Waals surface area contributed by atoms with E-state index in [0.29, 0.717) is 34.7 Å². The molecular weight excluding hydrogens is 431 g/mol. The van der Waals surface area contributed by atoms with E-state index in [9.17, 15) is 17.6 Å². The molecule has 0 atom stereocenters. The number of aryl methyl sites for hydroxylation is 3. The maximum absolute atomic E-state index is 13.7. The van der Waals surface area contributed by atoms with Crippen LogP contribution in [0, 0.1) is 19.7 Å². The number of anilines is 1. The van der Waals surface area contributed by atoms with Crippen LogP contribution in [-0.4, -0.2) is 28.8 Å². The number of sulfonamides is 1. The molecule has 0 spiro atoms. The zero-order valence-corrected chi connectivity index (χ0v) is 19.0. The third-order valence-electron chi connectivity index (χ3n) is 5.27. The van der Waals surface area contributed by atoms with Gasteiger partial charge < -0.3 is 9.13 Å². The first kappa shape index (κ1) is 21.8. The molecule has 0 radical (unpaired) electrons. The Labute approximate surface area is 185 Å². The molecule has 0 fully saturated rings. The monoisotopic (exact) mass is 454 g/mol. The number of pyridine rings is 1. The van der Waals surface area contributed by atoms with Crippen molar-refractivity contribution in [2.45, 2.75) is 20.4 Å². The number of rotatable bonds is 5. The Kier molecular flexibility index (Phi) is 5.37. The van der Waals surface area contributed by atoms with Gasteiger partial charge in [-0.15, -0.1) is 0 Å². The quantitative estimate of drug-likeness (QED) is 0.500. The molecule has 2 aromatic carbocycles. The molecular formula is C23H23FN4O3S. The predicted octanol–water partition coefficient (Wildman–Crippen LogP) is 3.58. The number of fused-ring (bicyclic) bond motifs is 1. The Balaban J connectivity index is 1.97. The third kappa shape index (κ3) is 4.29. The van der Waals surface area contributed by atoms with E-state index >= 15 is 0 Å². The number of nitrogens with one attached hydrogen (secondary N) is 1. The fourth-order valence-corrected chi connectivity index (χ4v) is 4.39. The maximum Gasteiger partial charge on any atom is 0.253 e. The lowest BCUT2D eigenvalue weighted by atomic mass is 10.0. The minimum atomic E-state index is -3.56. The van der Waals surface area contributed by atoms with Gasteiger partial charge in [-0.05, 0) is 60.9 Å². The number of hydrogen-bond acceptors (Lipinski definition) is 4. The molecule has 0 amide bonds. The first-order chi connectivity index (χ1) is 15.0. The first-order valence-electron chi connectivity index (χ1n) is 9.92. The second-order valence-electron chi connectivity index (χ2n) is 7.97. The standard InChI is InChI=1S/C23H23FN4O3S/c1-14-8-18(13-27(3)23(14)29)17-10-20(26-32(4,30)31)22-21(11-17)28(15(2)25-22)12-16-6-5-7-19(24)9-16/h5-11,13,26H,12H2,1-4H3. The third-order valence-corrected chi connectivity index (χ3v) is 5.86. The van der Waals surface area contributed by atoms with Crippen LogP contribution in [0.2, 0.25) is 0 Å². The van der Waals surface area contributed by atoms with E-state index in [-0.39, 0.29) is 11.4 Å². The summed E-state index contributed by atoms with van der Waals surface area (Å²) in [6, 6.07) is 11.7. The summed E-state index contributed by atoms with van der Waals surface area (Å²) in [7, 11) is -1.89. The highest BCUT2D eigenvalue weighted by atomic mass is 32.2. The number of hydrogen-bond donors (Lipinski definition) is 1. The molecule has 0 aliphatic carbocycles. The van der Waals surface area contributed by atoms with Crippen molar-refractivity contribution in [2.24, 2.45) is 7.05 Å². The van der Waals surface area contributed by atoms with Crippen LogP contribution in [0.3, 0.4) is 0 Å². The van der Waals surface area contributed by atoms with Crippen molar-refractivity contribution in [1.29, 1.82) is 0 Å². The summed E-state index contributed by atoms with van der Waals surface area (Å²) in [5, 5.41) is 0. The summed E-state index contributed by atoms with van der Waals surface area (Å²) < 4.78 is 43.8. The fraction of sp³-hybridized carbons (Fsp3) is 0.217. The highest BCUT2D eigenvalue weighted by molar-refractivity contribution is 7.92. The van der Waals surface area contributed by atoms with Gasteiger partial charge in [0.25, 0.3) is 5.56 Å². The van der Waals surface area contributed by atoms with Crippen molar-refractivity contribution in [3.8, 4) is 11.1 Å². The molecule has 0 aliphatic rings. The molecule has 0 aliphatic heterocycles. The molecule has 166 valence electrons. The summed E-state index contributed by atoms with van der Waals surface area (Å²) in [6.45, 7) is 3.92. The molecule has 4 rings (SSSR count). The Bertz CT molecular complexity index is 1490. The van der Waals surface area contributed by atoms with E-state index in [1.54, 1.807) is 38.4 Å². The summed E-state index contributed by atoms with van der Waals surface area (Å²) in [5.41, 5.74) is 4.25. The molecule has 0 unspecified atom stereocenters. The van der Waals surface area contributed by atoms with Gasteiger partial charge in [0.05, 0.1) is 17.5 Å². The smallest absolute Gasteiger partial charge is 0.253 e. The first-order valence-corrected chi connectivity index (χ1v) is 11.8. The van der Waals surface area contributed by atoms with Crippen molar-refractivity contribution in [2.75, 3.05) is 11.0 Å². The van der Waals surface area contributed by atoms with Crippen LogP contribution >= 0.6 is 0 Å². The van der Waals surface area contributed by atoms with E-state index in [1.807, 2.05) is 23.6 Å². The van der Waals surface area contributed by atoms with Gasteiger partial charge >= 0.3 is 0 Å². The predicted molar refractivity (Wildman–Crippen MR) is 124 cm³/mol. The van der Waals surface area contributed by atoms with Gasteiger partial charge in [0, 0.05) is 25.4 Å². The van der Waals surface area contributed by atoms with Crippen molar-refractivity contribution < 1.29 is 12.8 Å². The molecule has 4 aromatic rings. The van der Waals surface area contributed by atoms with Crippen LogP contribution in [0.4, 0.5) is 10.1 Å². The average molecular weight is 455 g/mol. The molecule has 0 saturated carbocycles. The summed E-state index contributed by atoms with van der Waals surface area (Å²) in [4.78, 5) is 16.7. The lowest BCUT2D eigenvalue weighted by molar-refractivity contribution is 0.607. The van der Waals surface area contributed by atoms with Gasteiger partial charge in [-0.2, -0.15) is 0 Å². The van der Waals surface area contributed by atoms with Crippen LogP contribution in [0.25, 0.3) is 22.2 Å². The van der Waals surface area contributed by atoms with Gasteiger partial charge in [0.2, 0.25) is 10.0 Å². The Morgan fingerprint density at radius 3 is 2.50 bits per heavy atom. The highest BCUT2D eigenvalue weighted by Gasteiger charge is 2.17. The van der Waals surface area contributed by atoms with Gasteiger partial charge in [-0.1, -0.05) is 12.1 Å². The Morgan fingerprint density at radius 2 is 1.84 bits per heavy atom. The summed E-state index contributed by atoms with van der Waals surface area (Å²) in [6.07, 6.45) is 2.79. The number of imidazole rings is 1. The zero-order chi connectivity index (χ0) is 23.2. The number of halogens is 1. The second-order valence-corrected chi connectivity index (χ2v) is 9.72. The largest absolute Gasteiger partial charge is 0.324 e. The SMILES string of the molecule is Cc1cc(-c2cc(NS(C)(=O)=O)c3nc(C)n(Cc4cccc(F)c4)c3c2)cn(C)c1=O. The van der Waals surface area contributed by atoms with E-state index in [2.05, 4.69) is 9.71 Å². The zero-order valence-electron chi connectivity index (χ0n) is 18.2. The summed E-state index contributed by atoms with van der Waals surface area (Å²) >= 11 is 0. The van der Waals surface area contributed by atoms with Gasteiger partial charge in [-0.25, -0.2) is 17.8 Å². The molecule has 1 N–H and O–H groups in total. The van der Waals surface area contributed by atoms with E-state index in [1.165, 1.54) is 16.7 Å². The Hall–Kier alpha value is -3.46. The van der Waals surface area contributed by atoms with Gasteiger partial charge in [-0.3, -0.25) is 9.52 Å². The van der Waals surface area contributed by atoms with Crippen LogP contribution in [0.5, 0.6) is 0 Å². The minimum absolute atomic E-state index is 0.101. The molecule has 0 saturated heterocycles. The van der Waals surface area contributed by atoms with Crippen LogP contribution in [0.15, 0.2) is 53.5 Å². The highest BCUT2D eigenvalue weighted by Crippen LogP contribution is 2.32. The lowest BCUT2D eigenvalue weighted by Crippen LogP contribution is -2.18. The molecule has 9 heteroatoms. The fourth-order valence-electron chi connectivity index (χ4n) is 3.84. The minimum Gasteiger partial charge on any atom is -0.324 e. The number of benzene rings is 2. The van der Waals surface area contributed by atoms with Crippen LogP contribution in [0.1, 0.15) is 17.0 Å². The van der Waals surface area contributed by atoms with Crippen LogP contribution in [-0.2, 0) is 23.6 Å². The average Bonchev–Trinajstić information content (AvgIpc) is 3.00. The van der Waals surface area contributed by atoms with Crippen molar-refractivity contribution in [3.05, 3.63) is 81.8 Å². The van der Waals surface area contributed by atoms with Crippen molar-refractivity contribution >= 4 is 26.7 Å². The maximum atomic E-state index is 13.7. The molecule has 2 aromatic heterocycles. The normalized spacial score (nSPS) is 11.8. The van der Waals surface area contributed by atoms with Crippen molar-refractivity contribution in [3.63, 3.8) is 0 Å². The van der Waals surface area contributed by atoms with Gasteiger partial charge in [0.15, 0.2) is 0 Å². The van der Waals surface area contributed by atoms with Crippen molar-refractivity contribution in [1.82, 2.24) is 14.1 Å². The molecule has 7 nitrogen and oxygen atoms in total. The summed E-state index contributed by atoms with van der Waals surface area (Å²) in [5.74, 6) is 0.333. The van der Waals surface area contributed by atoms with E-state index in [0.717, 1.165) is 22.9 Å². The molecule has 2 heterocycles. The molecule has 32 heavy (non-hydrogen) atoms. The number of nitrogens with zero attached hydrogens (tertiary/aromatic N) is 3.